The Morgan fingerprint density at radius 3 is 2.43 bits per heavy atom. The van der Waals surface area contributed by atoms with Gasteiger partial charge in [-0.3, -0.25) is 14.5 Å². The molecule has 1 aliphatic heterocycles. The van der Waals surface area contributed by atoms with E-state index in [9.17, 15) is 4.79 Å². The fourth-order valence-electron chi connectivity index (χ4n) is 4.14. The van der Waals surface area contributed by atoms with Crippen molar-refractivity contribution in [1.29, 1.82) is 0 Å². The molecule has 3 aromatic rings. The van der Waals surface area contributed by atoms with Crippen molar-refractivity contribution < 1.29 is 4.74 Å². The topological polar surface area (TPSA) is 68.4 Å². The lowest BCUT2D eigenvalue weighted by Gasteiger charge is -2.36. The van der Waals surface area contributed by atoms with E-state index >= 15 is 0 Å². The van der Waals surface area contributed by atoms with Crippen molar-refractivity contribution in [2.75, 3.05) is 44.7 Å². The van der Waals surface area contributed by atoms with Crippen LogP contribution in [-0.2, 0) is 13.1 Å². The first-order valence-corrected chi connectivity index (χ1v) is 11.0. The van der Waals surface area contributed by atoms with Crippen molar-refractivity contribution in [1.82, 2.24) is 24.2 Å². The number of rotatable bonds is 9. The van der Waals surface area contributed by atoms with Gasteiger partial charge in [-0.2, -0.15) is 0 Å². The third kappa shape index (κ3) is 7.24. The Morgan fingerprint density at radius 2 is 1.77 bits per heavy atom. The Balaban J connectivity index is 0.00000204. The quantitative estimate of drug-likeness (QED) is 0.383. The van der Waals surface area contributed by atoms with Gasteiger partial charge in [0.15, 0.2) is 5.82 Å². The molecule has 0 amide bonds. The summed E-state index contributed by atoms with van der Waals surface area (Å²) in [6.07, 6.45) is 6.03. The second-order valence-electron chi connectivity index (χ2n) is 7.82. The van der Waals surface area contributed by atoms with Gasteiger partial charge in [-0.25, -0.2) is 9.48 Å². The average Bonchev–Trinajstić information content (AvgIpc) is 3.15. The lowest BCUT2D eigenvalue weighted by Crippen LogP contribution is -2.47. The predicted octanol–water partition coefficient (Wildman–Crippen LogP) is 3.78. The Labute approximate surface area is 224 Å². The van der Waals surface area contributed by atoms with Crippen LogP contribution in [-0.4, -0.2) is 64.1 Å². The molecule has 1 saturated heterocycles. The van der Waals surface area contributed by atoms with Gasteiger partial charge in [-0.05, 0) is 30.7 Å². The van der Waals surface area contributed by atoms with E-state index in [-0.39, 0.29) is 42.9 Å². The van der Waals surface area contributed by atoms with E-state index in [1.165, 1.54) is 0 Å². The number of piperazine rings is 1. The first kappa shape index (κ1) is 30.5. The molecule has 192 valence electrons. The van der Waals surface area contributed by atoms with E-state index in [1.807, 2.05) is 30.3 Å². The number of methoxy groups -OCH3 is 1. The largest absolute Gasteiger partial charge is 0.495 e. The van der Waals surface area contributed by atoms with Crippen molar-refractivity contribution in [3.63, 3.8) is 0 Å². The van der Waals surface area contributed by atoms with Gasteiger partial charge < -0.3 is 9.64 Å². The van der Waals surface area contributed by atoms with Crippen LogP contribution in [0.5, 0.6) is 5.75 Å². The summed E-state index contributed by atoms with van der Waals surface area (Å²) in [7, 11) is 1.72. The molecule has 35 heavy (non-hydrogen) atoms. The highest BCUT2D eigenvalue weighted by molar-refractivity contribution is 5.86. The lowest BCUT2D eigenvalue weighted by molar-refractivity contribution is 0.248. The minimum absolute atomic E-state index is 0. The summed E-state index contributed by atoms with van der Waals surface area (Å²) in [5.41, 5.74) is 1.87. The number of para-hydroxylation sites is 2. The number of hydrogen-bond acceptors (Lipinski definition) is 6. The molecule has 0 bridgehead atoms. The molecule has 1 fully saturated rings. The van der Waals surface area contributed by atoms with Gasteiger partial charge in [0.2, 0.25) is 0 Å². The van der Waals surface area contributed by atoms with Crippen molar-refractivity contribution in [2.24, 2.45) is 0 Å². The van der Waals surface area contributed by atoms with E-state index in [4.69, 9.17) is 4.74 Å². The number of benzene rings is 1. The summed E-state index contributed by atoms with van der Waals surface area (Å²) in [6, 6.07) is 11.9. The first-order chi connectivity index (χ1) is 15.7. The monoisotopic (exact) mass is 542 g/mol. The summed E-state index contributed by atoms with van der Waals surface area (Å²) in [5.74, 6) is 1.55. The third-order valence-corrected chi connectivity index (χ3v) is 5.80. The van der Waals surface area contributed by atoms with Crippen molar-refractivity contribution in [2.45, 2.75) is 19.5 Å². The second-order valence-corrected chi connectivity index (χ2v) is 7.82. The maximum Gasteiger partial charge on any atom is 0.346 e. The third-order valence-electron chi connectivity index (χ3n) is 5.80. The summed E-state index contributed by atoms with van der Waals surface area (Å²) in [5, 5.41) is 4.59. The summed E-state index contributed by atoms with van der Waals surface area (Å²) < 4.78 is 8.72. The molecule has 3 heterocycles. The molecule has 0 unspecified atom stereocenters. The van der Waals surface area contributed by atoms with E-state index in [0.29, 0.717) is 18.9 Å². The smallest absolute Gasteiger partial charge is 0.346 e. The molecule has 8 nitrogen and oxygen atoms in total. The van der Waals surface area contributed by atoms with Gasteiger partial charge in [0.25, 0.3) is 0 Å². The molecule has 0 saturated carbocycles. The highest BCUT2D eigenvalue weighted by Gasteiger charge is 2.20. The number of aromatic nitrogens is 4. The minimum Gasteiger partial charge on any atom is -0.495 e. The second kappa shape index (κ2) is 14.8. The molecule has 2 aromatic heterocycles. The number of pyridine rings is 1. The van der Waals surface area contributed by atoms with Gasteiger partial charge >= 0.3 is 5.69 Å². The predicted molar refractivity (Wildman–Crippen MR) is 148 cm³/mol. The molecule has 1 aromatic carbocycles. The number of aryl methyl sites for hydroxylation is 1. The van der Waals surface area contributed by atoms with Gasteiger partial charge in [0.05, 0.1) is 12.8 Å². The molecular weight excluding hydrogens is 511 g/mol. The van der Waals surface area contributed by atoms with Gasteiger partial charge in [0, 0.05) is 63.8 Å². The molecule has 0 atom stereocenters. The number of ether oxygens (including phenoxy) is 1. The normalized spacial score (nSPS) is 13.2. The van der Waals surface area contributed by atoms with Crippen molar-refractivity contribution >= 4 is 42.9 Å². The van der Waals surface area contributed by atoms with Crippen LogP contribution in [0, 0.1) is 0 Å². The van der Waals surface area contributed by atoms with E-state index in [1.54, 1.807) is 34.8 Å². The Morgan fingerprint density at radius 1 is 1.03 bits per heavy atom. The van der Waals surface area contributed by atoms with Crippen molar-refractivity contribution in [3.05, 3.63) is 71.9 Å². The number of halogens is 3. The number of nitrogens with zero attached hydrogens (tertiary/aromatic N) is 6. The summed E-state index contributed by atoms with van der Waals surface area (Å²) in [4.78, 5) is 21.8. The van der Waals surface area contributed by atoms with Crippen LogP contribution >= 0.6 is 37.2 Å². The Kier molecular flexibility index (Phi) is 12.9. The average molecular weight is 544 g/mol. The van der Waals surface area contributed by atoms with Crippen LogP contribution in [0.25, 0.3) is 11.4 Å². The standard InChI is InChI=1S/C24H30N6O2.3ClH/c1-3-12-29-23(20-8-6-11-25-19-20)26-30(24(29)31)14-7-13-27-15-17-28(18-16-27)21-9-4-5-10-22(21)32-2;;;/h3-6,8-11,19H,1,7,12-18H2,2H3;3*1H. The summed E-state index contributed by atoms with van der Waals surface area (Å²) >= 11 is 0. The molecule has 0 spiro atoms. The fraction of sp³-hybridized carbons (Fsp3) is 0.375. The van der Waals surface area contributed by atoms with Crippen LogP contribution in [0.2, 0.25) is 0 Å². The zero-order valence-electron chi connectivity index (χ0n) is 19.8. The van der Waals surface area contributed by atoms with Crippen LogP contribution in [0.15, 0.2) is 66.2 Å². The van der Waals surface area contributed by atoms with Crippen LogP contribution in [0.3, 0.4) is 0 Å². The Hall–Kier alpha value is -2.52. The van der Waals surface area contributed by atoms with E-state index in [2.05, 4.69) is 32.5 Å². The number of anilines is 1. The maximum atomic E-state index is 12.9. The summed E-state index contributed by atoms with van der Waals surface area (Å²) in [6.45, 7) is 9.60. The van der Waals surface area contributed by atoms with Gasteiger partial charge in [0.1, 0.15) is 5.75 Å². The van der Waals surface area contributed by atoms with Crippen LogP contribution in [0.1, 0.15) is 6.42 Å². The molecule has 0 radical (unpaired) electrons. The zero-order valence-corrected chi connectivity index (χ0v) is 22.2. The molecule has 0 aliphatic carbocycles. The molecule has 1 aliphatic rings. The van der Waals surface area contributed by atoms with Gasteiger partial charge in [-0.1, -0.05) is 18.2 Å². The number of hydrogen-bond donors (Lipinski definition) is 0. The molecule has 0 N–H and O–H groups in total. The van der Waals surface area contributed by atoms with Crippen LogP contribution < -0.4 is 15.3 Å². The SMILES string of the molecule is C=CCn1c(-c2cccnc2)nn(CCCN2CCN(c3ccccc3OC)CC2)c1=O.Cl.Cl.Cl. The van der Waals surface area contributed by atoms with Crippen LogP contribution in [0.4, 0.5) is 5.69 Å². The lowest BCUT2D eigenvalue weighted by atomic mass is 10.2. The molecule has 4 rings (SSSR count). The van der Waals surface area contributed by atoms with E-state index in [0.717, 1.165) is 56.1 Å². The minimum atomic E-state index is -0.107. The van der Waals surface area contributed by atoms with E-state index < -0.39 is 0 Å². The molecule has 11 heteroatoms. The van der Waals surface area contributed by atoms with Gasteiger partial charge in [-0.15, -0.1) is 48.9 Å². The highest BCUT2D eigenvalue weighted by Crippen LogP contribution is 2.28. The number of allylic oxidation sites excluding steroid dienone is 1. The fourth-order valence-corrected chi connectivity index (χ4v) is 4.14. The first-order valence-electron chi connectivity index (χ1n) is 11.0. The molecular formula is C24H33Cl3N6O2. The van der Waals surface area contributed by atoms with Crippen molar-refractivity contribution in [3.8, 4) is 17.1 Å². The maximum absolute atomic E-state index is 12.9. The highest BCUT2D eigenvalue weighted by atomic mass is 35.5. The Bertz CT molecular complexity index is 1100. The zero-order chi connectivity index (χ0) is 22.3.